The number of hydrogen-bond donors (Lipinski definition) is 4. The molecule has 320 valence electrons. The highest BCUT2D eigenvalue weighted by molar-refractivity contribution is 6.10. The lowest BCUT2D eigenvalue weighted by atomic mass is 9.68. The smallest absolute Gasteiger partial charge is 0.410 e. The van der Waals surface area contributed by atoms with Crippen molar-refractivity contribution in [2.45, 2.75) is 113 Å². The molecule has 6 heterocycles. The Labute approximate surface area is 346 Å². The molecule has 4 atom stereocenters. The van der Waals surface area contributed by atoms with Gasteiger partial charge in [0.2, 0.25) is 0 Å². The average Bonchev–Trinajstić information content (AvgIpc) is 3.13. The van der Waals surface area contributed by atoms with Crippen LogP contribution in [0.15, 0.2) is 34.5 Å². The Kier molecular flexibility index (Phi) is 11.7. The first-order valence-electron chi connectivity index (χ1n) is 20.3. The van der Waals surface area contributed by atoms with Crippen molar-refractivity contribution in [2.75, 3.05) is 49.2 Å². The van der Waals surface area contributed by atoms with Crippen molar-refractivity contribution in [1.82, 2.24) is 21.1 Å². The molecule has 59 heavy (non-hydrogen) atoms. The fourth-order valence-corrected chi connectivity index (χ4v) is 8.44. The van der Waals surface area contributed by atoms with Crippen molar-refractivity contribution in [3.63, 3.8) is 0 Å². The SMILES string of the molecule is CC(=O)O.Cc1cc2c(cc1[C@@H](C)C1(C)CN(C(=O)OC(C)(C)C)C1)N1C(=NNC(=O)[C@H]1C)CO2.Cc1cc2c(cc1[C@@H](C)C1(C)CNC1)N1C(=NNC(=O)[C@H]1C)CO2. The molecule has 2 aromatic carbocycles. The van der Waals surface area contributed by atoms with Gasteiger partial charge in [-0.05, 0) is 112 Å². The molecule has 0 bridgehead atoms. The monoisotopic (exact) mass is 816 g/mol. The summed E-state index contributed by atoms with van der Waals surface area (Å²) in [5.41, 5.74) is 11.5. The number of carbonyl (C=O) groups excluding carboxylic acids is 3. The number of rotatable bonds is 4. The van der Waals surface area contributed by atoms with Crippen molar-refractivity contribution >= 4 is 46.9 Å². The lowest BCUT2D eigenvalue weighted by molar-refractivity contribution is -0.134. The molecule has 0 aliphatic carbocycles. The summed E-state index contributed by atoms with van der Waals surface area (Å²) in [5.74, 6) is 2.64. The Morgan fingerprint density at radius 1 is 0.814 bits per heavy atom. The van der Waals surface area contributed by atoms with Crippen molar-refractivity contribution in [2.24, 2.45) is 21.0 Å². The van der Waals surface area contributed by atoms with E-state index in [-0.39, 0.29) is 46.7 Å². The molecule has 3 amide bonds. The van der Waals surface area contributed by atoms with E-state index in [1.807, 2.05) is 50.5 Å². The normalized spacial score (nSPS) is 22.8. The minimum atomic E-state index is -0.833. The molecular formula is C43H60N8O8. The molecule has 0 radical (unpaired) electrons. The predicted molar refractivity (Wildman–Crippen MR) is 225 cm³/mol. The minimum absolute atomic E-state index is 0.0623. The number of anilines is 2. The molecule has 2 aromatic rings. The van der Waals surface area contributed by atoms with E-state index >= 15 is 0 Å². The highest BCUT2D eigenvalue weighted by Crippen LogP contribution is 2.48. The number of ether oxygens (including phenoxy) is 3. The summed E-state index contributed by atoms with van der Waals surface area (Å²) in [6.45, 7) is 27.8. The maximum atomic E-state index is 12.4. The highest BCUT2D eigenvalue weighted by atomic mass is 16.6. The number of nitrogens with one attached hydrogen (secondary N) is 3. The van der Waals surface area contributed by atoms with Crippen molar-refractivity contribution < 1.29 is 38.5 Å². The average molecular weight is 817 g/mol. The Balaban J connectivity index is 0.000000187. The lowest BCUT2D eigenvalue weighted by Gasteiger charge is -2.51. The van der Waals surface area contributed by atoms with Gasteiger partial charge in [-0.15, -0.1) is 0 Å². The molecule has 16 heteroatoms. The fraction of sp³-hybridized carbons (Fsp3) is 0.581. The number of hydrazone groups is 2. The molecule has 0 unspecified atom stereocenters. The van der Waals surface area contributed by atoms with Gasteiger partial charge in [-0.2, -0.15) is 10.2 Å². The maximum Gasteiger partial charge on any atom is 0.410 e. The van der Waals surface area contributed by atoms with Crippen LogP contribution in [-0.2, 0) is 19.1 Å². The van der Waals surface area contributed by atoms with Crippen molar-refractivity contribution in [3.05, 3.63) is 46.5 Å². The Bertz CT molecular complexity index is 2080. The third-order valence-corrected chi connectivity index (χ3v) is 12.4. The molecule has 0 aromatic heterocycles. The molecule has 6 aliphatic rings. The lowest BCUT2D eigenvalue weighted by Crippen LogP contribution is -2.60. The summed E-state index contributed by atoms with van der Waals surface area (Å²) in [7, 11) is 0. The van der Waals surface area contributed by atoms with Crippen LogP contribution < -0.4 is 35.4 Å². The number of carboxylic acids is 1. The molecule has 8 rings (SSSR count). The van der Waals surface area contributed by atoms with Gasteiger partial charge < -0.3 is 39.3 Å². The zero-order chi connectivity index (χ0) is 43.4. The summed E-state index contributed by atoms with van der Waals surface area (Å²) in [6.07, 6.45) is -0.262. The second-order valence-corrected chi connectivity index (χ2v) is 18.2. The van der Waals surface area contributed by atoms with E-state index < -0.39 is 11.6 Å². The number of amides is 3. The van der Waals surface area contributed by atoms with E-state index in [1.165, 1.54) is 16.7 Å². The topological polar surface area (TPSA) is 187 Å². The van der Waals surface area contributed by atoms with Crippen LogP contribution in [0.2, 0.25) is 0 Å². The second kappa shape index (κ2) is 16.0. The van der Waals surface area contributed by atoms with Gasteiger partial charge in [0, 0.05) is 38.5 Å². The van der Waals surface area contributed by atoms with Crippen LogP contribution in [0.3, 0.4) is 0 Å². The number of aryl methyl sites for hydroxylation is 2. The van der Waals surface area contributed by atoms with Gasteiger partial charge in [0.05, 0.1) is 11.4 Å². The van der Waals surface area contributed by atoms with Crippen LogP contribution in [0.1, 0.15) is 103 Å². The largest absolute Gasteiger partial charge is 0.483 e. The van der Waals surface area contributed by atoms with Gasteiger partial charge in [-0.3, -0.25) is 14.4 Å². The summed E-state index contributed by atoms with van der Waals surface area (Å²) in [5, 5.41) is 19.1. The fourth-order valence-electron chi connectivity index (χ4n) is 8.44. The molecule has 4 N–H and O–H groups in total. The number of carbonyl (C=O) groups is 4. The van der Waals surface area contributed by atoms with Crippen LogP contribution >= 0.6 is 0 Å². The van der Waals surface area contributed by atoms with Gasteiger partial charge in [0.1, 0.15) is 42.4 Å². The highest BCUT2D eigenvalue weighted by Gasteiger charge is 2.48. The van der Waals surface area contributed by atoms with Crippen molar-refractivity contribution in [3.8, 4) is 11.5 Å². The van der Waals surface area contributed by atoms with Crippen molar-refractivity contribution in [1.29, 1.82) is 0 Å². The second-order valence-electron chi connectivity index (χ2n) is 18.2. The van der Waals surface area contributed by atoms with Gasteiger partial charge in [-0.1, -0.05) is 27.7 Å². The van der Waals surface area contributed by atoms with E-state index in [0.717, 1.165) is 54.3 Å². The Morgan fingerprint density at radius 3 is 1.59 bits per heavy atom. The number of fused-ring (bicyclic) bond motifs is 6. The molecule has 2 fully saturated rings. The molecule has 16 nitrogen and oxygen atoms in total. The van der Waals surface area contributed by atoms with Gasteiger partial charge in [0.15, 0.2) is 11.7 Å². The van der Waals surface area contributed by atoms with Gasteiger partial charge >= 0.3 is 6.09 Å². The third-order valence-electron chi connectivity index (χ3n) is 12.4. The van der Waals surface area contributed by atoms with Crippen LogP contribution in [0.4, 0.5) is 16.2 Å². The van der Waals surface area contributed by atoms with Crippen LogP contribution in [0.5, 0.6) is 11.5 Å². The molecule has 2 saturated heterocycles. The Morgan fingerprint density at radius 2 is 1.22 bits per heavy atom. The first kappa shape index (κ1) is 43.2. The molecule has 0 spiro atoms. The third kappa shape index (κ3) is 8.54. The number of aliphatic carboxylic acids is 1. The number of nitrogens with zero attached hydrogens (tertiary/aromatic N) is 5. The summed E-state index contributed by atoms with van der Waals surface area (Å²) >= 11 is 0. The zero-order valence-electron chi connectivity index (χ0n) is 36.4. The number of likely N-dealkylation sites (tertiary alicyclic amines) is 1. The molecule has 0 saturated carbocycles. The predicted octanol–water partition coefficient (Wildman–Crippen LogP) is 5.22. The molecular weight excluding hydrogens is 757 g/mol. The zero-order valence-corrected chi connectivity index (χ0v) is 36.4. The number of amidine groups is 2. The summed E-state index contributed by atoms with van der Waals surface area (Å²) in [4.78, 5) is 51.4. The summed E-state index contributed by atoms with van der Waals surface area (Å²) < 4.78 is 17.3. The van der Waals surface area contributed by atoms with Crippen LogP contribution in [0, 0.1) is 24.7 Å². The first-order chi connectivity index (χ1) is 27.5. The number of benzene rings is 2. The van der Waals surface area contributed by atoms with E-state index in [2.05, 4.69) is 86.1 Å². The van der Waals surface area contributed by atoms with E-state index in [0.29, 0.717) is 38.1 Å². The first-order valence-corrected chi connectivity index (χ1v) is 20.3. The summed E-state index contributed by atoms with van der Waals surface area (Å²) in [6, 6.07) is 7.83. The van der Waals surface area contributed by atoms with E-state index in [4.69, 9.17) is 24.1 Å². The molecule has 6 aliphatic heterocycles. The number of carboxylic acid groups (broad SMARTS) is 1. The van der Waals surface area contributed by atoms with Gasteiger partial charge in [0.25, 0.3) is 17.8 Å². The van der Waals surface area contributed by atoms with E-state index in [9.17, 15) is 14.4 Å². The maximum absolute atomic E-state index is 12.4. The standard InChI is InChI=1S/C23H32N4O4.C18H24N4O2.C2H4O2/c1-13-8-18-17(27-15(3)20(28)25-24-19(27)10-30-18)9-16(13)14(2)23(7)11-26(12-23)21(29)31-22(4,5)6;1-10-5-15-14(6-13(10)11(2)18(4)8-19-9-18)22-12(3)17(23)21-20-16(22)7-24-15;1-2(3)4/h8-9,14-15H,10-12H2,1-7H3,(H,25,28);5-6,11-12,19H,7-9H2,1-4H3,(H,21,23);1H3,(H,3,4)/t14-,15-;11-,12-;/m11./s1. The van der Waals surface area contributed by atoms with Gasteiger partial charge in [-0.25, -0.2) is 15.6 Å². The quantitative estimate of drug-likeness (QED) is 0.317. The van der Waals surface area contributed by atoms with Crippen LogP contribution in [0.25, 0.3) is 0 Å². The van der Waals surface area contributed by atoms with E-state index in [1.54, 1.807) is 4.90 Å². The Hall–Kier alpha value is -5.38. The van der Waals surface area contributed by atoms with Crippen LogP contribution in [-0.4, -0.2) is 103 Å². The number of hydrogen-bond acceptors (Lipinski definition) is 12. The minimum Gasteiger partial charge on any atom is -0.483 e.